The van der Waals surface area contributed by atoms with Crippen LogP contribution in [0.5, 0.6) is 11.5 Å². The molecule has 0 spiro atoms. The van der Waals surface area contributed by atoms with Crippen LogP contribution in [0.1, 0.15) is 35.4 Å². The number of nitrogens with zero attached hydrogens (tertiary/aromatic N) is 2. The van der Waals surface area contributed by atoms with Crippen molar-refractivity contribution < 1.29 is 29.0 Å². The number of halogens is 1. The molecule has 6 unspecified atom stereocenters. The largest absolute Gasteiger partial charge is 0.503 e. The Morgan fingerprint density at radius 3 is 2.36 bits per heavy atom. The summed E-state index contributed by atoms with van der Waals surface area (Å²) in [5, 5.41) is 11.9. The number of hydrazine groups is 1. The molecule has 4 aliphatic rings. The van der Waals surface area contributed by atoms with E-state index in [9.17, 15) is 19.5 Å². The van der Waals surface area contributed by atoms with Gasteiger partial charge in [-0.15, -0.1) is 0 Å². The Morgan fingerprint density at radius 1 is 0.956 bits per heavy atom. The zero-order valence-electron chi connectivity index (χ0n) is 25.0. The third-order valence-electron chi connectivity index (χ3n) is 10.2. The Morgan fingerprint density at radius 2 is 1.67 bits per heavy atom. The zero-order chi connectivity index (χ0) is 31.8. The standard InChI is InChI=1S/C35H32BrN3O6/c1-18-9-11-21(12-10-18)37-39-32(42)25-17-24-22(13-14-23-28(24)33(43)38(2)31(23)41)29(19-15-26(36)30(40)27(16-19)45-3)35(25,34(39)44)20-7-5-4-6-8-20/h4-13,15-16,23-25,28-29,37,40H,14,17H2,1-3H3. The average molecular weight is 671 g/mol. The van der Waals surface area contributed by atoms with E-state index in [1.807, 2.05) is 67.6 Å². The molecule has 2 aliphatic heterocycles. The van der Waals surface area contributed by atoms with Crippen molar-refractivity contribution in [3.63, 3.8) is 0 Å². The number of carbonyl (C=O) groups is 4. The van der Waals surface area contributed by atoms with Crippen LogP contribution in [0, 0.1) is 30.6 Å². The van der Waals surface area contributed by atoms with Gasteiger partial charge < -0.3 is 9.84 Å². The predicted molar refractivity (Wildman–Crippen MR) is 169 cm³/mol. The third kappa shape index (κ3) is 4.11. The van der Waals surface area contributed by atoms with Crippen molar-refractivity contribution in [3.05, 3.63) is 99.5 Å². The maximum Gasteiger partial charge on any atom is 0.260 e. The van der Waals surface area contributed by atoms with Crippen LogP contribution in [0.15, 0.2) is 82.9 Å². The molecule has 3 aromatic carbocycles. The first-order valence-corrected chi connectivity index (χ1v) is 15.7. The Balaban J connectivity index is 1.49. The number of amides is 4. The van der Waals surface area contributed by atoms with Crippen LogP contribution in [-0.4, -0.2) is 52.8 Å². The molecule has 2 aliphatic carbocycles. The number of aromatic hydroxyl groups is 1. The number of allylic oxidation sites excluding steroid dienone is 2. The first-order chi connectivity index (χ1) is 21.6. The lowest BCUT2D eigenvalue weighted by atomic mass is 9.49. The molecule has 3 aromatic rings. The number of phenolic OH excluding ortho intramolecular Hbond substituents is 1. The Kier molecular flexibility index (Phi) is 6.88. The summed E-state index contributed by atoms with van der Waals surface area (Å²) in [6.45, 7) is 1.96. The van der Waals surface area contributed by atoms with E-state index in [-0.39, 0.29) is 29.7 Å². The lowest BCUT2D eigenvalue weighted by molar-refractivity contribution is -0.140. The fourth-order valence-electron chi connectivity index (χ4n) is 8.20. The van der Waals surface area contributed by atoms with Gasteiger partial charge >= 0.3 is 0 Å². The lowest BCUT2D eigenvalue weighted by Gasteiger charge is -2.50. The average Bonchev–Trinajstić information content (AvgIpc) is 3.40. The number of aryl methyl sites for hydroxylation is 1. The highest BCUT2D eigenvalue weighted by Crippen LogP contribution is 2.64. The van der Waals surface area contributed by atoms with Gasteiger partial charge in [0.1, 0.15) is 0 Å². The van der Waals surface area contributed by atoms with Gasteiger partial charge in [0.05, 0.1) is 40.4 Å². The van der Waals surface area contributed by atoms with Gasteiger partial charge in [-0.05, 0) is 77.0 Å². The van der Waals surface area contributed by atoms with Crippen LogP contribution in [0.25, 0.3) is 0 Å². The molecule has 6 atom stereocenters. The maximum absolute atomic E-state index is 15.1. The summed E-state index contributed by atoms with van der Waals surface area (Å²) < 4.78 is 5.90. The minimum absolute atomic E-state index is 0.0914. The van der Waals surface area contributed by atoms with Crippen molar-refractivity contribution in [1.29, 1.82) is 0 Å². The van der Waals surface area contributed by atoms with Gasteiger partial charge in [-0.3, -0.25) is 29.5 Å². The van der Waals surface area contributed by atoms with E-state index in [2.05, 4.69) is 21.4 Å². The molecule has 3 fully saturated rings. The molecular formula is C35H32BrN3O6. The molecule has 4 amide bonds. The molecule has 2 heterocycles. The minimum atomic E-state index is -1.40. The van der Waals surface area contributed by atoms with E-state index in [1.54, 1.807) is 12.1 Å². The van der Waals surface area contributed by atoms with E-state index >= 15 is 4.79 Å². The number of imide groups is 2. The van der Waals surface area contributed by atoms with Crippen LogP contribution >= 0.6 is 15.9 Å². The minimum Gasteiger partial charge on any atom is -0.503 e. The number of likely N-dealkylation sites (tertiary alicyclic amines) is 1. The highest BCUT2D eigenvalue weighted by Gasteiger charge is 2.70. The molecule has 0 radical (unpaired) electrons. The molecule has 10 heteroatoms. The van der Waals surface area contributed by atoms with Crippen molar-refractivity contribution in [1.82, 2.24) is 9.91 Å². The molecule has 45 heavy (non-hydrogen) atoms. The molecule has 9 nitrogen and oxygen atoms in total. The molecule has 2 N–H and O–H groups in total. The summed E-state index contributed by atoms with van der Waals surface area (Å²) in [7, 11) is 2.96. The second-order valence-electron chi connectivity index (χ2n) is 12.4. The summed E-state index contributed by atoms with van der Waals surface area (Å²) in [5.74, 6) is -4.36. The third-order valence-corrected chi connectivity index (χ3v) is 10.8. The van der Waals surface area contributed by atoms with Crippen molar-refractivity contribution in [2.75, 3.05) is 19.6 Å². The number of fused-ring (bicyclic) bond motifs is 4. The van der Waals surface area contributed by atoms with Crippen molar-refractivity contribution in [3.8, 4) is 11.5 Å². The number of nitrogens with one attached hydrogen (secondary N) is 1. The first kappa shape index (κ1) is 29.3. The van der Waals surface area contributed by atoms with Crippen LogP contribution in [0.3, 0.4) is 0 Å². The second-order valence-corrected chi connectivity index (χ2v) is 13.2. The molecule has 2 saturated heterocycles. The van der Waals surface area contributed by atoms with E-state index in [1.165, 1.54) is 19.1 Å². The molecule has 0 bridgehead atoms. The van der Waals surface area contributed by atoms with E-state index in [4.69, 9.17) is 4.74 Å². The topological polar surface area (TPSA) is 116 Å². The number of benzene rings is 3. The first-order valence-electron chi connectivity index (χ1n) is 14.9. The van der Waals surface area contributed by atoms with Gasteiger partial charge in [0.15, 0.2) is 11.5 Å². The van der Waals surface area contributed by atoms with E-state index in [0.29, 0.717) is 27.7 Å². The number of hydrogen-bond donors (Lipinski definition) is 2. The monoisotopic (exact) mass is 669 g/mol. The Hall–Kier alpha value is -4.44. The quantitative estimate of drug-likeness (QED) is 0.287. The van der Waals surface area contributed by atoms with Crippen molar-refractivity contribution in [2.45, 2.75) is 31.1 Å². The van der Waals surface area contributed by atoms with Crippen LogP contribution in [-0.2, 0) is 24.6 Å². The zero-order valence-corrected chi connectivity index (χ0v) is 26.6. The number of rotatable bonds is 5. The van der Waals surface area contributed by atoms with Gasteiger partial charge in [0, 0.05) is 13.0 Å². The number of hydrogen-bond acceptors (Lipinski definition) is 7. The summed E-state index contributed by atoms with van der Waals surface area (Å²) in [6.07, 6.45) is 2.57. The van der Waals surface area contributed by atoms with Gasteiger partial charge in [-0.25, -0.2) is 0 Å². The number of methoxy groups -OCH3 is 1. The van der Waals surface area contributed by atoms with Gasteiger partial charge in [0.2, 0.25) is 11.8 Å². The number of carbonyl (C=O) groups excluding carboxylic acids is 4. The highest BCUT2D eigenvalue weighted by atomic mass is 79.9. The summed E-state index contributed by atoms with van der Waals surface area (Å²) in [4.78, 5) is 57.6. The lowest BCUT2D eigenvalue weighted by Crippen LogP contribution is -2.53. The maximum atomic E-state index is 15.1. The van der Waals surface area contributed by atoms with E-state index < -0.39 is 46.8 Å². The molecule has 1 saturated carbocycles. The molecule has 230 valence electrons. The van der Waals surface area contributed by atoms with Crippen molar-refractivity contribution in [2.24, 2.45) is 23.7 Å². The van der Waals surface area contributed by atoms with Crippen LogP contribution in [0.4, 0.5) is 5.69 Å². The number of phenols is 1. The summed E-state index contributed by atoms with van der Waals surface area (Å²) in [6, 6.07) is 20.2. The fourth-order valence-corrected chi connectivity index (χ4v) is 8.66. The molecule has 7 rings (SSSR count). The number of anilines is 1. The SMILES string of the molecule is COc1cc(C2C3=CCC4C(=O)N(C)C(=O)C4C3CC3C(=O)N(Nc4ccc(C)cc4)C(=O)C32c2ccccc2)cc(Br)c1O. The van der Waals surface area contributed by atoms with Crippen LogP contribution < -0.4 is 10.2 Å². The fraction of sp³-hybridized carbons (Fsp3) is 0.314. The Labute approximate surface area is 268 Å². The highest BCUT2D eigenvalue weighted by molar-refractivity contribution is 9.10. The number of ether oxygens (including phenoxy) is 1. The molecule has 0 aromatic heterocycles. The smallest absolute Gasteiger partial charge is 0.260 e. The van der Waals surface area contributed by atoms with Crippen molar-refractivity contribution >= 4 is 45.2 Å². The van der Waals surface area contributed by atoms with E-state index in [0.717, 1.165) is 16.1 Å². The molecular weight excluding hydrogens is 638 g/mol. The normalized spacial score (nSPS) is 28.9. The van der Waals surface area contributed by atoms with Gasteiger partial charge in [-0.2, -0.15) is 5.01 Å². The Bertz CT molecular complexity index is 1790. The van der Waals surface area contributed by atoms with Crippen LogP contribution in [0.2, 0.25) is 0 Å². The second kappa shape index (κ2) is 10.6. The van der Waals surface area contributed by atoms with Gasteiger partial charge in [-0.1, -0.05) is 59.7 Å². The predicted octanol–water partition coefficient (Wildman–Crippen LogP) is 5.09. The summed E-state index contributed by atoms with van der Waals surface area (Å²) in [5.41, 5.74) is 5.47. The van der Waals surface area contributed by atoms with Gasteiger partial charge in [0.25, 0.3) is 11.8 Å². The summed E-state index contributed by atoms with van der Waals surface area (Å²) >= 11 is 3.47.